The molecule has 2 aromatic carbocycles. The lowest BCUT2D eigenvalue weighted by Gasteiger charge is -2.10. The molecule has 0 spiro atoms. The van der Waals surface area contributed by atoms with Crippen molar-refractivity contribution in [3.05, 3.63) is 53.8 Å². The normalized spacial score (nSPS) is 13.0. The Labute approximate surface area is 122 Å². The van der Waals surface area contributed by atoms with Gasteiger partial charge in [0.15, 0.2) is 21.4 Å². The van der Waals surface area contributed by atoms with Crippen molar-refractivity contribution >= 4 is 9.84 Å². The van der Waals surface area contributed by atoms with E-state index in [9.17, 15) is 17.9 Å². The van der Waals surface area contributed by atoms with Crippen molar-refractivity contribution in [3.63, 3.8) is 0 Å². The first-order chi connectivity index (χ1) is 9.77. The summed E-state index contributed by atoms with van der Waals surface area (Å²) >= 11 is 0. The van der Waals surface area contributed by atoms with Crippen LogP contribution in [0.2, 0.25) is 0 Å². The fraction of sp³-hybridized carbons (Fsp3) is 0.200. The highest BCUT2D eigenvalue weighted by Crippen LogP contribution is 2.27. The lowest BCUT2D eigenvalue weighted by molar-refractivity contribution is 0.198. The molecule has 0 bridgehead atoms. The van der Waals surface area contributed by atoms with Crippen molar-refractivity contribution in [2.24, 2.45) is 0 Å². The van der Waals surface area contributed by atoms with E-state index < -0.39 is 21.8 Å². The zero-order valence-electron chi connectivity index (χ0n) is 11.6. The molecular weight excluding hydrogens is 295 g/mol. The number of ether oxygens (including phenoxy) is 1. The Balaban J connectivity index is 2.22. The van der Waals surface area contributed by atoms with Crippen LogP contribution in [-0.4, -0.2) is 19.8 Å². The lowest BCUT2D eigenvalue weighted by Crippen LogP contribution is -1.97. The molecule has 0 unspecified atom stereocenters. The number of rotatable bonds is 4. The number of hydrogen-bond acceptors (Lipinski definition) is 4. The monoisotopic (exact) mass is 310 g/mol. The SMILES string of the molecule is C[C@H](O)c1ccc(Oc2ccc(S(C)(=O)=O)cc2)c(F)c1. The van der Waals surface area contributed by atoms with E-state index in [4.69, 9.17) is 4.74 Å². The first-order valence-corrected chi connectivity index (χ1v) is 8.12. The van der Waals surface area contributed by atoms with Gasteiger partial charge >= 0.3 is 0 Å². The van der Waals surface area contributed by atoms with Gasteiger partial charge in [0.1, 0.15) is 5.75 Å². The Bertz CT molecular complexity index is 737. The smallest absolute Gasteiger partial charge is 0.175 e. The van der Waals surface area contributed by atoms with Crippen LogP contribution in [0.4, 0.5) is 4.39 Å². The van der Waals surface area contributed by atoms with Crippen LogP contribution in [0, 0.1) is 5.82 Å². The third-order valence-electron chi connectivity index (χ3n) is 2.92. The van der Waals surface area contributed by atoms with Crippen molar-refractivity contribution in [1.29, 1.82) is 0 Å². The predicted molar refractivity (Wildman–Crippen MR) is 76.7 cm³/mol. The summed E-state index contributed by atoms with van der Waals surface area (Å²) in [6.45, 7) is 1.54. The van der Waals surface area contributed by atoms with Gasteiger partial charge in [-0.3, -0.25) is 0 Å². The molecule has 0 saturated heterocycles. The van der Waals surface area contributed by atoms with E-state index in [2.05, 4.69) is 0 Å². The molecule has 0 aromatic heterocycles. The number of aliphatic hydroxyl groups is 1. The van der Waals surface area contributed by atoms with E-state index in [0.717, 1.165) is 6.26 Å². The van der Waals surface area contributed by atoms with Crippen LogP contribution in [0.3, 0.4) is 0 Å². The highest BCUT2D eigenvalue weighted by atomic mass is 32.2. The van der Waals surface area contributed by atoms with Crippen molar-refractivity contribution in [1.82, 2.24) is 0 Å². The number of sulfone groups is 1. The average Bonchev–Trinajstić information content (AvgIpc) is 2.40. The second-order valence-electron chi connectivity index (χ2n) is 4.71. The van der Waals surface area contributed by atoms with Gasteiger partial charge in [0, 0.05) is 6.26 Å². The van der Waals surface area contributed by atoms with Gasteiger partial charge < -0.3 is 9.84 Å². The van der Waals surface area contributed by atoms with E-state index in [1.54, 1.807) is 13.0 Å². The molecule has 0 heterocycles. The molecule has 0 aliphatic rings. The van der Waals surface area contributed by atoms with Gasteiger partial charge in [0.25, 0.3) is 0 Å². The van der Waals surface area contributed by atoms with Crippen LogP contribution in [0.1, 0.15) is 18.6 Å². The molecule has 6 heteroatoms. The molecule has 0 aliphatic carbocycles. The quantitative estimate of drug-likeness (QED) is 0.942. The van der Waals surface area contributed by atoms with Gasteiger partial charge in [-0.1, -0.05) is 6.07 Å². The summed E-state index contributed by atoms with van der Waals surface area (Å²) in [5.74, 6) is -0.266. The molecule has 0 saturated carbocycles. The van der Waals surface area contributed by atoms with Gasteiger partial charge in [-0.2, -0.15) is 0 Å². The van der Waals surface area contributed by atoms with Crippen LogP contribution in [0.15, 0.2) is 47.4 Å². The Hall–Kier alpha value is -1.92. The topological polar surface area (TPSA) is 63.6 Å². The number of halogens is 1. The van der Waals surface area contributed by atoms with Crippen LogP contribution >= 0.6 is 0 Å². The summed E-state index contributed by atoms with van der Waals surface area (Å²) in [7, 11) is -3.27. The average molecular weight is 310 g/mol. The zero-order valence-corrected chi connectivity index (χ0v) is 12.4. The maximum Gasteiger partial charge on any atom is 0.175 e. The van der Waals surface area contributed by atoms with Crippen LogP contribution in [0.25, 0.3) is 0 Å². The molecule has 2 rings (SSSR count). The van der Waals surface area contributed by atoms with Crippen molar-refractivity contribution in [2.45, 2.75) is 17.9 Å². The summed E-state index contributed by atoms with van der Waals surface area (Å²) in [5.41, 5.74) is 0.451. The maximum atomic E-state index is 13.8. The van der Waals surface area contributed by atoms with E-state index in [1.807, 2.05) is 0 Å². The summed E-state index contributed by atoms with van der Waals surface area (Å²) in [4.78, 5) is 0.166. The van der Waals surface area contributed by atoms with Gasteiger partial charge in [-0.25, -0.2) is 12.8 Å². The van der Waals surface area contributed by atoms with E-state index in [0.29, 0.717) is 11.3 Å². The largest absolute Gasteiger partial charge is 0.454 e. The molecule has 1 atom stereocenters. The van der Waals surface area contributed by atoms with E-state index >= 15 is 0 Å². The van der Waals surface area contributed by atoms with Crippen LogP contribution in [-0.2, 0) is 9.84 Å². The van der Waals surface area contributed by atoms with E-state index in [1.165, 1.54) is 36.4 Å². The van der Waals surface area contributed by atoms with Gasteiger partial charge in [0.2, 0.25) is 0 Å². The minimum absolute atomic E-state index is 0.00602. The highest BCUT2D eigenvalue weighted by Gasteiger charge is 2.10. The molecular formula is C15H15FO4S. The Morgan fingerprint density at radius 1 is 1.14 bits per heavy atom. The second-order valence-corrected chi connectivity index (χ2v) is 6.73. The van der Waals surface area contributed by atoms with Crippen molar-refractivity contribution in [3.8, 4) is 11.5 Å². The Morgan fingerprint density at radius 2 is 1.76 bits per heavy atom. The third kappa shape index (κ3) is 3.80. The fourth-order valence-corrected chi connectivity index (χ4v) is 2.37. The zero-order chi connectivity index (χ0) is 15.6. The molecule has 112 valence electrons. The Kier molecular flexibility index (Phi) is 4.29. The molecule has 0 fully saturated rings. The first-order valence-electron chi connectivity index (χ1n) is 6.23. The van der Waals surface area contributed by atoms with Gasteiger partial charge in [0.05, 0.1) is 11.0 Å². The minimum atomic E-state index is -3.27. The number of hydrogen-bond donors (Lipinski definition) is 1. The molecule has 0 amide bonds. The van der Waals surface area contributed by atoms with Crippen LogP contribution < -0.4 is 4.74 Å². The number of aliphatic hydroxyl groups excluding tert-OH is 1. The Morgan fingerprint density at radius 3 is 2.24 bits per heavy atom. The summed E-state index contributed by atoms with van der Waals surface area (Å²) in [5, 5.41) is 9.37. The standard InChI is InChI=1S/C15H15FO4S/c1-10(17)11-3-8-15(14(16)9-11)20-12-4-6-13(7-5-12)21(2,18)19/h3-10,17H,1-2H3/t10-/m0/s1. The molecule has 0 aliphatic heterocycles. The molecule has 2 aromatic rings. The number of benzene rings is 2. The lowest BCUT2D eigenvalue weighted by atomic mass is 10.1. The fourth-order valence-electron chi connectivity index (χ4n) is 1.74. The predicted octanol–water partition coefficient (Wildman–Crippen LogP) is 3.07. The summed E-state index contributed by atoms with van der Waals surface area (Å²) in [6, 6.07) is 9.89. The highest BCUT2D eigenvalue weighted by molar-refractivity contribution is 7.90. The molecule has 0 radical (unpaired) electrons. The summed E-state index contributed by atoms with van der Waals surface area (Å²) < 4.78 is 41.9. The molecule has 4 nitrogen and oxygen atoms in total. The first kappa shape index (κ1) is 15.5. The molecule has 21 heavy (non-hydrogen) atoms. The third-order valence-corrected chi connectivity index (χ3v) is 4.05. The molecule has 1 N–H and O–H groups in total. The van der Waals surface area contributed by atoms with Crippen LogP contribution in [0.5, 0.6) is 11.5 Å². The maximum absolute atomic E-state index is 13.8. The minimum Gasteiger partial charge on any atom is -0.454 e. The second kappa shape index (κ2) is 5.83. The van der Waals surface area contributed by atoms with Crippen molar-refractivity contribution < 1.29 is 22.7 Å². The van der Waals surface area contributed by atoms with Gasteiger partial charge in [-0.05, 0) is 48.9 Å². The van der Waals surface area contributed by atoms with Crippen molar-refractivity contribution in [2.75, 3.05) is 6.26 Å². The van der Waals surface area contributed by atoms with E-state index in [-0.39, 0.29) is 10.6 Å². The summed E-state index contributed by atoms with van der Waals surface area (Å²) in [6.07, 6.45) is 0.347. The van der Waals surface area contributed by atoms with Gasteiger partial charge in [-0.15, -0.1) is 0 Å².